The van der Waals surface area contributed by atoms with Crippen LogP contribution in [0.25, 0.3) is 0 Å². The zero-order valence-corrected chi connectivity index (χ0v) is 26.9. The van der Waals surface area contributed by atoms with Crippen LogP contribution in [0.3, 0.4) is 0 Å². The lowest BCUT2D eigenvalue weighted by Crippen LogP contribution is -2.19. The number of nitrogens with one attached hydrogen (secondary N) is 3. The average Bonchev–Trinajstić information content (AvgIpc) is 3.58. The van der Waals surface area contributed by atoms with Gasteiger partial charge in [0.2, 0.25) is 15.8 Å². The van der Waals surface area contributed by atoms with Crippen LogP contribution in [0.4, 0.5) is 23.1 Å². The first-order chi connectivity index (χ1) is 23.2. The van der Waals surface area contributed by atoms with E-state index in [0.717, 1.165) is 0 Å². The second-order valence-corrected chi connectivity index (χ2v) is 12.1. The Hall–Kier alpha value is -5.80. The quantitative estimate of drug-likeness (QED) is 0.105. The Bertz CT molecular complexity index is 2020. The van der Waals surface area contributed by atoms with Crippen LogP contribution in [-0.2, 0) is 25.8 Å². The van der Waals surface area contributed by atoms with Crippen molar-refractivity contribution in [3.63, 3.8) is 0 Å². The molecule has 3 aromatic carbocycles. The van der Waals surface area contributed by atoms with E-state index >= 15 is 0 Å². The fourth-order valence-corrected chi connectivity index (χ4v) is 5.49. The molecular formula is C32H28ClN7O7S. The van der Waals surface area contributed by atoms with Crippen molar-refractivity contribution in [2.75, 3.05) is 30.9 Å². The van der Waals surface area contributed by atoms with Crippen LogP contribution in [0.15, 0.2) is 112 Å². The highest BCUT2D eigenvalue weighted by molar-refractivity contribution is 7.91. The van der Waals surface area contributed by atoms with E-state index in [9.17, 15) is 18.0 Å². The van der Waals surface area contributed by atoms with Crippen LogP contribution >= 0.6 is 11.6 Å². The van der Waals surface area contributed by atoms with Gasteiger partial charge < -0.3 is 25.4 Å². The molecule has 0 aliphatic carbocycles. The molecule has 0 spiro atoms. The molecule has 48 heavy (non-hydrogen) atoms. The van der Waals surface area contributed by atoms with Crippen LogP contribution in [0.2, 0.25) is 5.02 Å². The summed E-state index contributed by atoms with van der Waals surface area (Å²) in [5, 5.41) is 15.6. The van der Waals surface area contributed by atoms with E-state index in [1.165, 1.54) is 18.3 Å². The van der Waals surface area contributed by atoms with Gasteiger partial charge in [0.05, 0.1) is 28.8 Å². The van der Waals surface area contributed by atoms with E-state index in [4.69, 9.17) is 21.1 Å². The third kappa shape index (κ3) is 8.51. The number of hydrogen-bond acceptors (Lipinski definition) is 13. The van der Waals surface area contributed by atoms with Crippen LogP contribution in [0, 0.1) is 0 Å². The zero-order valence-electron chi connectivity index (χ0n) is 25.3. The lowest BCUT2D eigenvalue weighted by Gasteiger charge is -2.13. The first-order valence-corrected chi connectivity index (χ1v) is 16.1. The van der Waals surface area contributed by atoms with Gasteiger partial charge in [0.1, 0.15) is 18.2 Å². The summed E-state index contributed by atoms with van der Waals surface area (Å²) in [5.41, 5.74) is 2.33. The number of sulfone groups is 1. The van der Waals surface area contributed by atoms with Crippen molar-refractivity contribution in [3.8, 4) is 5.88 Å². The van der Waals surface area contributed by atoms with Gasteiger partial charge >= 0.3 is 5.97 Å². The molecule has 246 valence electrons. The van der Waals surface area contributed by atoms with Crippen LogP contribution in [0.5, 0.6) is 5.88 Å². The number of nitrogens with zero attached hydrogens (tertiary/aromatic N) is 4. The third-order valence-electron chi connectivity index (χ3n) is 6.52. The second kappa shape index (κ2) is 15.7. The second-order valence-electron chi connectivity index (χ2n) is 9.80. The molecule has 0 aliphatic rings. The molecule has 0 aliphatic heterocycles. The van der Waals surface area contributed by atoms with Gasteiger partial charge in [0, 0.05) is 12.7 Å². The topological polar surface area (TPSA) is 188 Å². The van der Waals surface area contributed by atoms with E-state index in [1.54, 1.807) is 85.9 Å². The van der Waals surface area contributed by atoms with Gasteiger partial charge in [0.15, 0.2) is 5.82 Å². The number of amides is 1. The number of anilines is 4. The van der Waals surface area contributed by atoms with Gasteiger partial charge in [-0.25, -0.2) is 18.0 Å². The monoisotopic (exact) mass is 689 g/mol. The molecule has 0 bridgehead atoms. The molecule has 5 aromatic rings. The maximum atomic E-state index is 12.7. The van der Waals surface area contributed by atoms with E-state index in [2.05, 4.69) is 40.9 Å². The first kappa shape index (κ1) is 33.6. The smallest absolute Gasteiger partial charge is 0.310 e. The van der Waals surface area contributed by atoms with E-state index in [0.29, 0.717) is 28.3 Å². The van der Waals surface area contributed by atoms with E-state index in [1.807, 2.05) is 0 Å². The minimum atomic E-state index is -3.97. The number of halogens is 1. The summed E-state index contributed by atoms with van der Waals surface area (Å²) in [6, 6.07) is 21.7. The van der Waals surface area contributed by atoms with Crippen molar-refractivity contribution < 1.29 is 32.1 Å². The molecule has 0 fully saturated rings. The highest BCUT2D eigenvalue weighted by Gasteiger charge is 2.28. The molecule has 2 heterocycles. The maximum Gasteiger partial charge on any atom is 0.310 e. The Morgan fingerprint density at radius 3 is 2.42 bits per heavy atom. The largest absolute Gasteiger partial charge is 0.469 e. The SMILES string of the molecule is CNC(=O)c1ccccc1Nc1nc(Nc2ccc(CC(=O)OCC=CCOc3nonc3S(=O)(=O)c3ccccc3)cc2)ncc1Cl. The molecule has 0 radical (unpaired) electrons. The number of carbonyl (C=O) groups excluding carboxylic acids is 2. The molecule has 0 saturated carbocycles. The Balaban J connectivity index is 1.08. The summed E-state index contributed by atoms with van der Waals surface area (Å²) in [5.74, 6) is -0.422. The number of rotatable bonds is 14. The third-order valence-corrected chi connectivity index (χ3v) is 8.44. The fraction of sp³-hybridized carbons (Fsp3) is 0.125. The minimum absolute atomic E-state index is 0.0219. The van der Waals surface area contributed by atoms with Crippen molar-refractivity contribution >= 4 is 56.5 Å². The molecule has 2 aromatic heterocycles. The molecular weight excluding hydrogens is 662 g/mol. The highest BCUT2D eigenvalue weighted by atomic mass is 35.5. The molecule has 0 unspecified atom stereocenters. The zero-order chi connectivity index (χ0) is 33.9. The van der Waals surface area contributed by atoms with Crippen molar-refractivity contribution in [2.24, 2.45) is 0 Å². The number of hydrogen-bond donors (Lipinski definition) is 3. The predicted molar refractivity (Wildman–Crippen MR) is 175 cm³/mol. The molecule has 16 heteroatoms. The van der Waals surface area contributed by atoms with Crippen LogP contribution in [-0.4, -0.2) is 60.8 Å². The molecule has 14 nitrogen and oxygen atoms in total. The number of esters is 1. The molecule has 0 atom stereocenters. The minimum Gasteiger partial charge on any atom is -0.469 e. The number of benzene rings is 3. The van der Waals surface area contributed by atoms with Gasteiger partial charge in [-0.15, -0.1) is 0 Å². The van der Waals surface area contributed by atoms with Gasteiger partial charge in [0.25, 0.3) is 16.8 Å². The maximum absolute atomic E-state index is 12.7. The number of ether oxygens (including phenoxy) is 2. The van der Waals surface area contributed by atoms with Gasteiger partial charge in [-0.3, -0.25) is 9.59 Å². The summed E-state index contributed by atoms with van der Waals surface area (Å²) in [6.45, 7) is -0.0817. The van der Waals surface area contributed by atoms with Gasteiger partial charge in [-0.1, -0.05) is 54.1 Å². The normalized spacial score (nSPS) is 11.2. The standard InChI is InChI=1S/C32H28ClN7O7S/c1-34-29(42)24-11-5-6-12-26(24)37-28-25(33)20-35-32(38-28)36-22-15-13-21(14-16-22)19-27(41)45-17-7-8-18-46-30-31(40-47-39-30)48(43,44)23-9-3-2-4-10-23/h2-16,20H,17-19H2,1H3,(H,34,42)(H2,35,36,37,38). The summed E-state index contributed by atoms with van der Waals surface area (Å²) >= 11 is 6.31. The summed E-state index contributed by atoms with van der Waals surface area (Å²) in [6.07, 6.45) is 4.57. The number of para-hydroxylation sites is 1. The summed E-state index contributed by atoms with van der Waals surface area (Å²) in [7, 11) is -2.42. The molecule has 5 rings (SSSR count). The number of aromatic nitrogens is 4. The Morgan fingerprint density at radius 1 is 0.917 bits per heavy atom. The Morgan fingerprint density at radius 2 is 1.65 bits per heavy atom. The fourth-order valence-electron chi connectivity index (χ4n) is 4.16. The average molecular weight is 690 g/mol. The van der Waals surface area contributed by atoms with Crippen LogP contribution < -0.4 is 20.7 Å². The van der Waals surface area contributed by atoms with Crippen molar-refractivity contribution in [3.05, 3.63) is 113 Å². The van der Waals surface area contributed by atoms with Gasteiger partial charge in [-0.05, 0) is 64.4 Å². The lowest BCUT2D eigenvalue weighted by molar-refractivity contribution is -0.141. The Kier molecular flexibility index (Phi) is 11.0. The lowest BCUT2D eigenvalue weighted by atomic mass is 10.1. The van der Waals surface area contributed by atoms with Gasteiger partial charge in [-0.2, -0.15) is 4.98 Å². The van der Waals surface area contributed by atoms with E-state index in [-0.39, 0.29) is 47.3 Å². The van der Waals surface area contributed by atoms with Crippen LogP contribution in [0.1, 0.15) is 15.9 Å². The summed E-state index contributed by atoms with van der Waals surface area (Å²) < 4.78 is 40.7. The molecule has 3 N–H and O–H groups in total. The van der Waals surface area contributed by atoms with Crippen molar-refractivity contribution in [1.29, 1.82) is 0 Å². The Labute approximate surface area is 280 Å². The van der Waals surface area contributed by atoms with E-state index < -0.39 is 20.8 Å². The molecule has 0 saturated heterocycles. The van der Waals surface area contributed by atoms with Crippen molar-refractivity contribution in [1.82, 2.24) is 25.6 Å². The van der Waals surface area contributed by atoms with Crippen molar-refractivity contribution in [2.45, 2.75) is 16.3 Å². The molecule has 1 amide bonds. The first-order valence-electron chi connectivity index (χ1n) is 14.3. The highest BCUT2D eigenvalue weighted by Crippen LogP contribution is 2.28. The number of carbonyl (C=O) groups is 2. The predicted octanol–water partition coefficient (Wildman–Crippen LogP) is 4.91. The summed E-state index contributed by atoms with van der Waals surface area (Å²) in [4.78, 5) is 33.2.